The molecule has 1 aliphatic rings. The van der Waals surface area contributed by atoms with Crippen LogP contribution in [0.2, 0.25) is 0 Å². The number of nitrogens with one attached hydrogen (secondary N) is 1. The first-order valence-electron chi connectivity index (χ1n) is 6.04. The molecule has 0 bridgehead atoms. The minimum absolute atomic E-state index is 0.195. The zero-order chi connectivity index (χ0) is 11.8. The van der Waals surface area contributed by atoms with Crippen LogP contribution in [0.1, 0.15) is 45.1 Å². The smallest absolute Gasteiger partial charge is 0.142 e. The summed E-state index contributed by atoms with van der Waals surface area (Å²) < 4.78 is 5.44. The highest BCUT2D eigenvalue weighted by atomic mass is 16.5. The number of benzene rings is 1. The molecule has 0 fully saturated rings. The lowest BCUT2D eigenvalue weighted by atomic mass is 9.79. The molecule has 2 atom stereocenters. The third kappa shape index (κ3) is 1.77. The van der Waals surface area contributed by atoms with Gasteiger partial charge in [0.25, 0.3) is 0 Å². The summed E-state index contributed by atoms with van der Waals surface area (Å²) >= 11 is 0. The van der Waals surface area contributed by atoms with Gasteiger partial charge in [-0.05, 0) is 37.3 Å². The highest BCUT2D eigenvalue weighted by Crippen LogP contribution is 2.44. The number of hydrogen-bond acceptors (Lipinski definition) is 2. The Balaban J connectivity index is 2.47. The number of anilines is 1. The Morgan fingerprint density at radius 1 is 1.50 bits per heavy atom. The van der Waals surface area contributed by atoms with Crippen LogP contribution in [0.5, 0.6) is 5.75 Å². The van der Waals surface area contributed by atoms with Gasteiger partial charge in [-0.15, -0.1) is 0 Å². The van der Waals surface area contributed by atoms with E-state index in [0.717, 1.165) is 12.2 Å². The Labute approximate surface area is 98.0 Å². The molecule has 1 N–H and O–H groups in total. The molecule has 0 radical (unpaired) electrons. The van der Waals surface area contributed by atoms with Crippen LogP contribution in [0, 0.1) is 0 Å². The number of para-hydroxylation sites is 1. The molecule has 1 aliphatic heterocycles. The van der Waals surface area contributed by atoms with E-state index in [-0.39, 0.29) is 5.54 Å². The molecule has 2 unspecified atom stereocenters. The summed E-state index contributed by atoms with van der Waals surface area (Å²) in [7, 11) is 1.74. The van der Waals surface area contributed by atoms with E-state index in [1.54, 1.807) is 7.11 Å². The second kappa shape index (κ2) is 4.00. The SMILES string of the molecule is CCC1(C)CC(C)c2cccc(OC)c2N1. The van der Waals surface area contributed by atoms with Crippen LogP contribution >= 0.6 is 0 Å². The average Bonchev–Trinajstić information content (AvgIpc) is 2.28. The van der Waals surface area contributed by atoms with E-state index >= 15 is 0 Å². The number of fused-ring (bicyclic) bond motifs is 1. The van der Waals surface area contributed by atoms with Gasteiger partial charge in [0.05, 0.1) is 12.8 Å². The molecule has 2 heteroatoms. The van der Waals surface area contributed by atoms with Crippen LogP contribution in [0.25, 0.3) is 0 Å². The molecule has 0 aliphatic carbocycles. The van der Waals surface area contributed by atoms with E-state index in [9.17, 15) is 0 Å². The standard InChI is InChI=1S/C14H21NO/c1-5-14(3)9-10(2)11-7-6-8-12(16-4)13(11)15-14/h6-8,10,15H,5,9H2,1-4H3. The van der Waals surface area contributed by atoms with Crippen molar-refractivity contribution in [3.8, 4) is 5.75 Å². The quantitative estimate of drug-likeness (QED) is 0.817. The second-order valence-electron chi connectivity index (χ2n) is 5.07. The van der Waals surface area contributed by atoms with Crippen molar-refractivity contribution in [3.05, 3.63) is 23.8 Å². The summed E-state index contributed by atoms with van der Waals surface area (Å²) in [6.45, 7) is 6.83. The maximum absolute atomic E-state index is 5.44. The largest absolute Gasteiger partial charge is 0.495 e. The predicted octanol–water partition coefficient (Wildman–Crippen LogP) is 3.78. The average molecular weight is 219 g/mol. The molecular weight excluding hydrogens is 198 g/mol. The molecule has 2 rings (SSSR count). The second-order valence-corrected chi connectivity index (χ2v) is 5.07. The lowest BCUT2D eigenvalue weighted by molar-refractivity contribution is 0.386. The van der Waals surface area contributed by atoms with Gasteiger partial charge in [0.2, 0.25) is 0 Å². The van der Waals surface area contributed by atoms with Crippen LogP contribution < -0.4 is 10.1 Å². The van der Waals surface area contributed by atoms with Crippen molar-refractivity contribution in [2.24, 2.45) is 0 Å². The fourth-order valence-electron chi connectivity index (χ4n) is 2.63. The van der Waals surface area contributed by atoms with Crippen molar-refractivity contribution in [2.75, 3.05) is 12.4 Å². The van der Waals surface area contributed by atoms with Gasteiger partial charge >= 0.3 is 0 Å². The van der Waals surface area contributed by atoms with Crippen molar-refractivity contribution >= 4 is 5.69 Å². The van der Waals surface area contributed by atoms with E-state index < -0.39 is 0 Å². The van der Waals surface area contributed by atoms with E-state index in [2.05, 4.69) is 38.2 Å². The predicted molar refractivity (Wildman–Crippen MR) is 68.3 cm³/mol. The Bertz CT molecular complexity index is 388. The Morgan fingerprint density at radius 3 is 2.88 bits per heavy atom. The summed E-state index contributed by atoms with van der Waals surface area (Å²) in [5, 5.41) is 3.65. The topological polar surface area (TPSA) is 21.3 Å². The summed E-state index contributed by atoms with van der Waals surface area (Å²) in [6.07, 6.45) is 2.32. The van der Waals surface area contributed by atoms with Gasteiger partial charge in [0.1, 0.15) is 5.75 Å². The monoisotopic (exact) mass is 219 g/mol. The highest BCUT2D eigenvalue weighted by molar-refractivity contribution is 5.66. The molecule has 1 aromatic carbocycles. The first kappa shape index (κ1) is 11.3. The summed E-state index contributed by atoms with van der Waals surface area (Å²) in [4.78, 5) is 0. The molecule has 0 saturated carbocycles. The number of rotatable bonds is 2. The molecule has 2 nitrogen and oxygen atoms in total. The van der Waals surface area contributed by atoms with Crippen molar-refractivity contribution in [3.63, 3.8) is 0 Å². The Morgan fingerprint density at radius 2 is 2.25 bits per heavy atom. The van der Waals surface area contributed by atoms with Crippen molar-refractivity contribution in [2.45, 2.75) is 45.1 Å². The van der Waals surface area contributed by atoms with E-state index in [1.165, 1.54) is 17.7 Å². The van der Waals surface area contributed by atoms with E-state index in [4.69, 9.17) is 4.74 Å². The van der Waals surface area contributed by atoms with Crippen LogP contribution in [0.3, 0.4) is 0 Å². The van der Waals surface area contributed by atoms with Gasteiger partial charge in [-0.3, -0.25) is 0 Å². The summed E-state index contributed by atoms with van der Waals surface area (Å²) in [5.74, 6) is 1.56. The minimum atomic E-state index is 0.195. The van der Waals surface area contributed by atoms with Gasteiger partial charge in [-0.25, -0.2) is 0 Å². The minimum Gasteiger partial charge on any atom is -0.495 e. The molecule has 88 valence electrons. The molecule has 0 saturated heterocycles. The maximum atomic E-state index is 5.44. The van der Waals surface area contributed by atoms with Gasteiger partial charge in [0.15, 0.2) is 0 Å². The fraction of sp³-hybridized carbons (Fsp3) is 0.571. The maximum Gasteiger partial charge on any atom is 0.142 e. The Kier molecular flexibility index (Phi) is 2.83. The van der Waals surface area contributed by atoms with Crippen LogP contribution in [0.4, 0.5) is 5.69 Å². The zero-order valence-electron chi connectivity index (χ0n) is 10.6. The molecule has 0 aromatic heterocycles. The van der Waals surface area contributed by atoms with Gasteiger partial charge in [-0.1, -0.05) is 26.0 Å². The van der Waals surface area contributed by atoms with Gasteiger partial charge < -0.3 is 10.1 Å². The summed E-state index contributed by atoms with van der Waals surface area (Å²) in [6, 6.07) is 6.30. The third-order valence-electron chi connectivity index (χ3n) is 3.77. The number of hydrogen-bond donors (Lipinski definition) is 1. The molecule has 1 heterocycles. The highest BCUT2D eigenvalue weighted by Gasteiger charge is 2.32. The lowest BCUT2D eigenvalue weighted by Gasteiger charge is -2.40. The third-order valence-corrected chi connectivity index (χ3v) is 3.77. The van der Waals surface area contributed by atoms with Gasteiger partial charge in [0, 0.05) is 5.54 Å². The summed E-state index contributed by atoms with van der Waals surface area (Å²) in [5.41, 5.74) is 2.76. The van der Waals surface area contributed by atoms with Crippen LogP contribution in [0.15, 0.2) is 18.2 Å². The van der Waals surface area contributed by atoms with E-state index in [1.807, 2.05) is 6.07 Å². The van der Waals surface area contributed by atoms with E-state index in [0.29, 0.717) is 5.92 Å². The van der Waals surface area contributed by atoms with Crippen molar-refractivity contribution < 1.29 is 4.74 Å². The fourth-order valence-corrected chi connectivity index (χ4v) is 2.63. The lowest BCUT2D eigenvalue weighted by Crippen LogP contribution is -2.39. The van der Waals surface area contributed by atoms with Gasteiger partial charge in [-0.2, -0.15) is 0 Å². The van der Waals surface area contributed by atoms with Crippen LogP contribution in [-0.2, 0) is 0 Å². The Hall–Kier alpha value is -1.18. The first-order valence-corrected chi connectivity index (χ1v) is 6.04. The normalized spacial score (nSPS) is 28.1. The number of methoxy groups -OCH3 is 1. The first-order chi connectivity index (χ1) is 7.59. The molecule has 0 amide bonds. The zero-order valence-corrected chi connectivity index (χ0v) is 10.6. The molecular formula is C14H21NO. The molecule has 0 spiro atoms. The number of ether oxygens (including phenoxy) is 1. The molecule has 1 aromatic rings. The van der Waals surface area contributed by atoms with Crippen molar-refractivity contribution in [1.82, 2.24) is 0 Å². The molecule has 16 heavy (non-hydrogen) atoms. The van der Waals surface area contributed by atoms with Crippen LogP contribution in [-0.4, -0.2) is 12.6 Å². The van der Waals surface area contributed by atoms with Crippen molar-refractivity contribution in [1.29, 1.82) is 0 Å².